The normalized spacial score (nSPS) is 14.5. The van der Waals surface area contributed by atoms with E-state index in [-0.39, 0.29) is 12.1 Å². The molecule has 2 amide bonds. The van der Waals surface area contributed by atoms with Crippen molar-refractivity contribution in [3.05, 3.63) is 96.1 Å². The molecule has 1 N–H and O–H groups in total. The first-order chi connectivity index (χ1) is 14.7. The van der Waals surface area contributed by atoms with Crippen LogP contribution in [0, 0.1) is 0 Å². The molecule has 1 aliphatic heterocycles. The average Bonchev–Trinajstić information content (AvgIpc) is 2.81. The molecule has 5 heteroatoms. The smallest absolute Gasteiger partial charge is 0.321 e. The predicted octanol–water partition coefficient (Wildman–Crippen LogP) is 4.63. The predicted molar refractivity (Wildman–Crippen MR) is 120 cm³/mol. The van der Waals surface area contributed by atoms with Crippen LogP contribution >= 0.6 is 0 Å². The number of benzene rings is 3. The summed E-state index contributed by atoms with van der Waals surface area (Å²) in [5.41, 5.74) is 3.30. The fraction of sp³-hybridized carbons (Fsp3) is 0.240. The molecule has 0 atom stereocenters. The number of rotatable bonds is 5. The number of hydrogen-bond donors (Lipinski definition) is 1. The molecule has 0 aromatic heterocycles. The second kappa shape index (κ2) is 9.46. The molecule has 0 saturated carbocycles. The first-order valence-electron chi connectivity index (χ1n) is 10.3. The first kappa shape index (κ1) is 20.0. The molecule has 0 aliphatic carbocycles. The third kappa shape index (κ3) is 4.63. The van der Waals surface area contributed by atoms with Crippen molar-refractivity contribution in [3.8, 4) is 5.75 Å². The summed E-state index contributed by atoms with van der Waals surface area (Å²) in [5.74, 6) is 0.728. The Bertz CT molecular complexity index is 915. The van der Waals surface area contributed by atoms with Crippen LogP contribution < -0.4 is 10.1 Å². The molecule has 0 radical (unpaired) electrons. The van der Waals surface area contributed by atoms with Crippen LogP contribution in [0.15, 0.2) is 84.9 Å². The lowest BCUT2D eigenvalue weighted by atomic mass is 9.96. The summed E-state index contributed by atoms with van der Waals surface area (Å²) in [6, 6.07) is 28.7. The van der Waals surface area contributed by atoms with Crippen molar-refractivity contribution in [3.63, 3.8) is 0 Å². The highest BCUT2D eigenvalue weighted by molar-refractivity contribution is 5.89. The summed E-state index contributed by atoms with van der Waals surface area (Å²) in [6.07, 6.45) is 0. The molecule has 5 nitrogen and oxygen atoms in total. The van der Waals surface area contributed by atoms with Gasteiger partial charge in [0.1, 0.15) is 5.75 Å². The average molecular weight is 402 g/mol. The number of carbonyl (C=O) groups excluding carboxylic acids is 1. The van der Waals surface area contributed by atoms with Crippen molar-refractivity contribution in [1.29, 1.82) is 0 Å². The fourth-order valence-corrected chi connectivity index (χ4v) is 3.97. The summed E-state index contributed by atoms with van der Waals surface area (Å²) < 4.78 is 5.23. The Hall–Kier alpha value is -3.31. The molecule has 0 spiro atoms. The zero-order chi connectivity index (χ0) is 20.8. The van der Waals surface area contributed by atoms with E-state index >= 15 is 0 Å². The molecule has 3 aromatic carbocycles. The van der Waals surface area contributed by atoms with E-state index in [9.17, 15) is 4.79 Å². The quantitative estimate of drug-likeness (QED) is 0.678. The maximum absolute atomic E-state index is 12.7. The highest BCUT2D eigenvalue weighted by Crippen LogP contribution is 2.29. The lowest BCUT2D eigenvalue weighted by molar-refractivity contribution is 0.126. The van der Waals surface area contributed by atoms with Crippen LogP contribution in [0.4, 0.5) is 10.5 Å². The van der Waals surface area contributed by atoms with Gasteiger partial charge in [0, 0.05) is 37.9 Å². The van der Waals surface area contributed by atoms with Crippen molar-refractivity contribution in [2.45, 2.75) is 6.04 Å². The Morgan fingerprint density at radius 1 is 0.833 bits per heavy atom. The number of piperazine rings is 1. The van der Waals surface area contributed by atoms with Gasteiger partial charge in [-0.3, -0.25) is 4.90 Å². The van der Waals surface area contributed by atoms with Crippen molar-refractivity contribution in [1.82, 2.24) is 9.80 Å². The van der Waals surface area contributed by atoms with Crippen LogP contribution in [0.5, 0.6) is 5.75 Å². The van der Waals surface area contributed by atoms with Gasteiger partial charge in [-0.05, 0) is 23.3 Å². The Morgan fingerprint density at radius 2 is 1.43 bits per heavy atom. The van der Waals surface area contributed by atoms with Crippen LogP contribution in [0.2, 0.25) is 0 Å². The van der Waals surface area contributed by atoms with Gasteiger partial charge in [-0.2, -0.15) is 0 Å². The van der Waals surface area contributed by atoms with Gasteiger partial charge >= 0.3 is 6.03 Å². The SMILES string of the molecule is COc1cccc(NC(=O)N2CCN(C(c3ccccc3)c3ccccc3)CC2)c1. The number of hydrogen-bond acceptors (Lipinski definition) is 3. The minimum Gasteiger partial charge on any atom is -0.497 e. The molecule has 3 aromatic rings. The summed E-state index contributed by atoms with van der Waals surface area (Å²) in [5, 5.41) is 2.98. The number of anilines is 1. The van der Waals surface area contributed by atoms with E-state index in [0.29, 0.717) is 13.1 Å². The molecule has 1 saturated heterocycles. The molecule has 1 aliphatic rings. The minimum absolute atomic E-state index is 0.0705. The zero-order valence-electron chi connectivity index (χ0n) is 17.2. The summed E-state index contributed by atoms with van der Waals surface area (Å²) in [7, 11) is 1.62. The molecular formula is C25H27N3O2. The van der Waals surface area contributed by atoms with E-state index in [4.69, 9.17) is 4.74 Å². The lowest BCUT2D eigenvalue weighted by Crippen LogP contribution is -2.51. The van der Waals surface area contributed by atoms with Crippen LogP contribution in [0.25, 0.3) is 0 Å². The van der Waals surface area contributed by atoms with Gasteiger partial charge in [0.05, 0.1) is 13.2 Å². The van der Waals surface area contributed by atoms with Crippen LogP contribution in [-0.4, -0.2) is 49.1 Å². The van der Waals surface area contributed by atoms with Crippen LogP contribution in [0.1, 0.15) is 17.2 Å². The Kier molecular flexibility index (Phi) is 6.30. The highest BCUT2D eigenvalue weighted by atomic mass is 16.5. The standard InChI is InChI=1S/C25H27N3O2/c1-30-23-14-8-13-22(19-23)26-25(29)28-17-15-27(16-18-28)24(20-9-4-2-5-10-20)21-11-6-3-7-12-21/h2-14,19,24H,15-18H2,1H3,(H,26,29). The van der Waals surface area contributed by atoms with Gasteiger partial charge in [0.25, 0.3) is 0 Å². The number of amides is 2. The highest BCUT2D eigenvalue weighted by Gasteiger charge is 2.28. The van der Waals surface area contributed by atoms with Crippen molar-refractivity contribution >= 4 is 11.7 Å². The topological polar surface area (TPSA) is 44.8 Å². The molecule has 30 heavy (non-hydrogen) atoms. The number of carbonyl (C=O) groups is 1. The van der Waals surface area contributed by atoms with Gasteiger partial charge in [0.2, 0.25) is 0 Å². The molecule has 0 bridgehead atoms. The Labute approximate surface area is 177 Å². The molecule has 0 unspecified atom stereocenters. The maximum atomic E-state index is 12.7. The van der Waals surface area contributed by atoms with Gasteiger partial charge < -0.3 is 15.0 Å². The molecular weight excluding hydrogens is 374 g/mol. The second-order valence-corrected chi connectivity index (χ2v) is 7.41. The van der Waals surface area contributed by atoms with Gasteiger partial charge in [-0.25, -0.2) is 4.79 Å². The van der Waals surface area contributed by atoms with Crippen LogP contribution in [-0.2, 0) is 0 Å². The van der Waals surface area contributed by atoms with Gasteiger partial charge in [-0.15, -0.1) is 0 Å². The number of nitrogens with zero attached hydrogens (tertiary/aromatic N) is 2. The van der Waals surface area contributed by atoms with Crippen LogP contribution in [0.3, 0.4) is 0 Å². The van der Waals surface area contributed by atoms with E-state index in [1.54, 1.807) is 7.11 Å². The molecule has 4 rings (SSSR count). The monoisotopic (exact) mass is 401 g/mol. The molecule has 154 valence electrons. The minimum atomic E-state index is -0.0705. The van der Waals surface area contributed by atoms with Crippen molar-refractivity contribution in [2.24, 2.45) is 0 Å². The number of urea groups is 1. The van der Waals surface area contributed by atoms with Gasteiger partial charge in [-0.1, -0.05) is 66.7 Å². The molecule has 1 heterocycles. The fourth-order valence-electron chi connectivity index (χ4n) is 3.97. The second-order valence-electron chi connectivity index (χ2n) is 7.41. The van der Waals surface area contributed by atoms with E-state index in [1.165, 1.54) is 11.1 Å². The Morgan fingerprint density at radius 3 is 2.00 bits per heavy atom. The summed E-state index contributed by atoms with van der Waals surface area (Å²) >= 11 is 0. The zero-order valence-corrected chi connectivity index (χ0v) is 17.2. The number of ether oxygens (including phenoxy) is 1. The van der Waals surface area contributed by atoms with E-state index < -0.39 is 0 Å². The number of methoxy groups -OCH3 is 1. The van der Waals surface area contributed by atoms with E-state index in [0.717, 1.165) is 24.5 Å². The summed E-state index contributed by atoms with van der Waals surface area (Å²) in [4.78, 5) is 17.1. The van der Waals surface area contributed by atoms with Crippen molar-refractivity contribution < 1.29 is 9.53 Å². The first-order valence-corrected chi connectivity index (χ1v) is 10.3. The largest absolute Gasteiger partial charge is 0.497 e. The maximum Gasteiger partial charge on any atom is 0.321 e. The van der Waals surface area contributed by atoms with E-state index in [2.05, 4.69) is 58.7 Å². The third-order valence-corrected chi connectivity index (χ3v) is 5.52. The number of nitrogens with one attached hydrogen (secondary N) is 1. The van der Waals surface area contributed by atoms with Gasteiger partial charge in [0.15, 0.2) is 0 Å². The summed E-state index contributed by atoms with van der Waals surface area (Å²) in [6.45, 7) is 3.01. The van der Waals surface area contributed by atoms with Crippen molar-refractivity contribution in [2.75, 3.05) is 38.6 Å². The lowest BCUT2D eigenvalue weighted by Gasteiger charge is -2.39. The molecule has 1 fully saturated rings. The van der Waals surface area contributed by atoms with E-state index in [1.807, 2.05) is 41.3 Å². The Balaban J connectivity index is 1.43. The third-order valence-electron chi connectivity index (χ3n) is 5.52.